The third kappa shape index (κ3) is 7.00. The number of anilines is 1. The molecule has 2 N–H and O–H groups in total. The number of hydrogen-bond acceptors (Lipinski definition) is 5. The number of aromatic nitrogens is 1. The number of hydrogen-bond donors (Lipinski definition) is 2. The number of methoxy groups -OCH3 is 1. The van der Waals surface area contributed by atoms with Gasteiger partial charge in [0.05, 0.1) is 18.4 Å². The van der Waals surface area contributed by atoms with Gasteiger partial charge in [0, 0.05) is 40.8 Å². The zero-order chi connectivity index (χ0) is 27.1. The fourth-order valence-electron chi connectivity index (χ4n) is 3.81. The molecule has 1 aromatic heterocycles. The van der Waals surface area contributed by atoms with Crippen LogP contribution in [0.1, 0.15) is 10.4 Å². The van der Waals surface area contributed by atoms with Gasteiger partial charge in [0.2, 0.25) is 5.91 Å². The predicted octanol–water partition coefficient (Wildman–Crippen LogP) is 5.71. The first-order chi connectivity index (χ1) is 18.2. The van der Waals surface area contributed by atoms with Gasteiger partial charge in [0.1, 0.15) is 11.5 Å². The second-order valence-electron chi connectivity index (χ2n) is 8.07. The van der Waals surface area contributed by atoms with E-state index in [1.165, 1.54) is 31.0 Å². The Hall–Kier alpha value is -4.12. The van der Waals surface area contributed by atoms with Crippen molar-refractivity contribution in [2.75, 3.05) is 24.7 Å². The summed E-state index contributed by atoms with van der Waals surface area (Å²) < 4.78 is 48.0. The van der Waals surface area contributed by atoms with Crippen molar-refractivity contribution in [3.8, 4) is 11.5 Å². The molecule has 0 aliphatic carbocycles. The molecule has 38 heavy (non-hydrogen) atoms. The Balaban J connectivity index is 1.35. The molecule has 0 spiro atoms. The highest BCUT2D eigenvalue weighted by atomic mass is 32.2. The number of nitrogens with zero attached hydrogens (tertiary/aromatic N) is 1. The third-order valence-corrected chi connectivity index (χ3v) is 6.52. The van der Waals surface area contributed by atoms with Gasteiger partial charge in [0.25, 0.3) is 5.91 Å². The van der Waals surface area contributed by atoms with Crippen molar-refractivity contribution < 1.29 is 32.2 Å². The third-order valence-electron chi connectivity index (χ3n) is 5.47. The Bertz CT molecular complexity index is 1420. The van der Waals surface area contributed by atoms with Gasteiger partial charge in [-0.2, -0.15) is 0 Å². The van der Waals surface area contributed by atoms with E-state index < -0.39 is 6.36 Å². The molecule has 3 aromatic carbocycles. The van der Waals surface area contributed by atoms with Gasteiger partial charge < -0.3 is 24.7 Å². The van der Waals surface area contributed by atoms with E-state index in [9.17, 15) is 22.8 Å². The van der Waals surface area contributed by atoms with Gasteiger partial charge in [-0.15, -0.1) is 24.9 Å². The topological polar surface area (TPSA) is 81.6 Å². The van der Waals surface area contributed by atoms with Gasteiger partial charge in [-0.1, -0.05) is 30.3 Å². The number of fused-ring (bicyclic) bond motifs is 1. The zero-order valence-corrected chi connectivity index (χ0v) is 21.1. The molecule has 4 aromatic rings. The molecule has 4 rings (SSSR count). The summed E-state index contributed by atoms with van der Waals surface area (Å²) in [6.45, 7) is 0.898. The monoisotopic (exact) mass is 543 g/mol. The minimum atomic E-state index is -4.78. The highest BCUT2D eigenvalue weighted by Crippen LogP contribution is 2.30. The minimum absolute atomic E-state index is 0.0966. The molecule has 0 radical (unpaired) electrons. The Morgan fingerprint density at radius 3 is 2.42 bits per heavy atom. The first-order valence-corrected chi connectivity index (χ1v) is 12.5. The van der Waals surface area contributed by atoms with Crippen molar-refractivity contribution in [2.24, 2.45) is 0 Å². The lowest BCUT2D eigenvalue weighted by molar-refractivity contribution is -0.274. The highest BCUT2D eigenvalue weighted by molar-refractivity contribution is 8.00. The molecule has 0 bridgehead atoms. The molecule has 11 heteroatoms. The van der Waals surface area contributed by atoms with Gasteiger partial charge in [0.15, 0.2) is 0 Å². The molecule has 1 heterocycles. The summed E-state index contributed by atoms with van der Waals surface area (Å²) in [4.78, 5) is 25.9. The number of amides is 2. The average Bonchev–Trinajstić information content (AvgIpc) is 3.25. The van der Waals surface area contributed by atoms with Crippen LogP contribution in [0.2, 0.25) is 0 Å². The molecule has 0 saturated carbocycles. The van der Waals surface area contributed by atoms with Gasteiger partial charge in [-0.3, -0.25) is 9.59 Å². The molecule has 7 nitrogen and oxygen atoms in total. The summed E-state index contributed by atoms with van der Waals surface area (Å²) in [6.07, 6.45) is -2.84. The van der Waals surface area contributed by atoms with E-state index in [2.05, 4.69) is 15.4 Å². The van der Waals surface area contributed by atoms with Crippen LogP contribution in [0.4, 0.5) is 18.9 Å². The molecule has 2 amide bonds. The second-order valence-corrected chi connectivity index (χ2v) is 9.09. The highest BCUT2D eigenvalue weighted by Gasteiger charge is 2.31. The molecule has 198 valence electrons. The molecule has 0 fully saturated rings. The summed E-state index contributed by atoms with van der Waals surface area (Å²) in [5.74, 6) is -0.307. The number of thioether (sulfide) groups is 1. The molecule has 0 unspecified atom stereocenters. The van der Waals surface area contributed by atoms with Crippen molar-refractivity contribution in [2.45, 2.75) is 17.8 Å². The Labute approximate surface area is 220 Å². The quantitative estimate of drug-likeness (QED) is 0.251. The van der Waals surface area contributed by atoms with Crippen LogP contribution in [0, 0.1) is 0 Å². The first kappa shape index (κ1) is 26.9. The van der Waals surface area contributed by atoms with Crippen molar-refractivity contribution in [1.29, 1.82) is 0 Å². The molecule has 0 saturated heterocycles. The van der Waals surface area contributed by atoms with Crippen LogP contribution in [0.15, 0.2) is 83.9 Å². The summed E-state index contributed by atoms with van der Waals surface area (Å²) in [5, 5.41) is 6.54. The minimum Gasteiger partial charge on any atom is -0.496 e. The van der Waals surface area contributed by atoms with Crippen molar-refractivity contribution in [1.82, 2.24) is 9.88 Å². The second kappa shape index (κ2) is 12.0. The van der Waals surface area contributed by atoms with Gasteiger partial charge in [-0.05, 0) is 42.5 Å². The van der Waals surface area contributed by atoms with Crippen LogP contribution in [-0.4, -0.2) is 42.2 Å². The number of benzene rings is 3. The van der Waals surface area contributed by atoms with E-state index in [1.807, 2.05) is 35.0 Å². The van der Waals surface area contributed by atoms with Crippen LogP contribution in [0.3, 0.4) is 0 Å². The van der Waals surface area contributed by atoms with Gasteiger partial charge in [-0.25, -0.2) is 0 Å². The van der Waals surface area contributed by atoms with Crippen molar-refractivity contribution in [3.63, 3.8) is 0 Å². The Kier molecular flexibility index (Phi) is 8.47. The molecular formula is C27H24F3N3O4S. The van der Waals surface area contributed by atoms with E-state index in [1.54, 1.807) is 24.3 Å². The lowest BCUT2D eigenvalue weighted by atomic mass is 10.2. The summed E-state index contributed by atoms with van der Waals surface area (Å²) in [7, 11) is 1.51. The normalized spacial score (nSPS) is 11.3. The maximum Gasteiger partial charge on any atom is 0.573 e. The lowest BCUT2D eigenvalue weighted by Gasteiger charge is -2.10. The number of carbonyl (C=O) groups is 2. The average molecular weight is 544 g/mol. The number of carbonyl (C=O) groups excluding carboxylic acids is 2. The Morgan fingerprint density at radius 1 is 0.974 bits per heavy atom. The number of alkyl halides is 3. The fourth-order valence-corrected chi connectivity index (χ4v) is 4.70. The van der Waals surface area contributed by atoms with Crippen LogP contribution in [-0.2, 0) is 11.3 Å². The predicted molar refractivity (Wildman–Crippen MR) is 140 cm³/mol. The molecule has 0 aliphatic heterocycles. The van der Waals surface area contributed by atoms with E-state index >= 15 is 0 Å². The van der Waals surface area contributed by atoms with Gasteiger partial charge >= 0.3 is 6.36 Å². The molecular weight excluding hydrogens is 519 g/mol. The zero-order valence-electron chi connectivity index (χ0n) is 20.2. The van der Waals surface area contributed by atoms with Crippen molar-refractivity contribution in [3.05, 3.63) is 84.6 Å². The maximum absolute atomic E-state index is 12.6. The number of halogens is 3. The Morgan fingerprint density at radius 2 is 1.68 bits per heavy atom. The van der Waals surface area contributed by atoms with E-state index in [4.69, 9.17) is 4.74 Å². The van der Waals surface area contributed by atoms with Crippen LogP contribution < -0.4 is 20.1 Å². The molecule has 0 aliphatic rings. The largest absolute Gasteiger partial charge is 0.573 e. The summed E-state index contributed by atoms with van der Waals surface area (Å²) in [6, 6.07) is 19.7. The first-order valence-electron chi connectivity index (χ1n) is 11.5. The van der Waals surface area contributed by atoms with E-state index in [0.717, 1.165) is 27.9 Å². The lowest BCUT2D eigenvalue weighted by Crippen LogP contribution is -2.27. The standard InChI is InChI=1S/C27H24F3N3O4S/c1-36-23-9-5-3-7-21(23)26(35)31-14-15-33-16-24(20-6-2-4-8-22(20)33)38-17-25(34)32-18-10-12-19(13-11-18)37-27(28,29)30/h2-13,16H,14-15,17H2,1H3,(H,31,35)(H,32,34). The molecule has 0 atom stereocenters. The fraction of sp³-hybridized carbons (Fsp3) is 0.185. The number of para-hydroxylation sites is 2. The van der Waals surface area contributed by atoms with Crippen LogP contribution in [0.5, 0.6) is 11.5 Å². The van der Waals surface area contributed by atoms with E-state index in [-0.39, 0.29) is 23.3 Å². The summed E-state index contributed by atoms with van der Waals surface area (Å²) >= 11 is 1.34. The SMILES string of the molecule is COc1ccccc1C(=O)NCCn1cc(SCC(=O)Nc2ccc(OC(F)(F)F)cc2)c2ccccc21. The number of nitrogens with one attached hydrogen (secondary N) is 2. The van der Waals surface area contributed by atoms with Crippen molar-refractivity contribution >= 4 is 40.2 Å². The number of ether oxygens (including phenoxy) is 2. The number of rotatable bonds is 10. The van der Waals surface area contributed by atoms with Crippen LogP contribution in [0.25, 0.3) is 10.9 Å². The van der Waals surface area contributed by atoms with E-state index in [0.29, 0.717) is 30.1 Å². The summed E-state index contributed by atoms with van der Waals surface area (Å²) in [5.41, 5.74) is 1.78. The van der Waals surface area contributed by atoms with Crippen LogP contribution >= 0.6 is 11.8 Å². The maximum atomic E-state index is 12.6. The smallest absolute Gasteiger partial charge is 0.496 e.